The van der Waals surface area contributed by atoms with E-state index in [1.807, 2.05) is 0 Å². The zero-order chi connectivity index (χ0) is 61.3. The number of carbonyl (C=O) groups is 1. The van der Waals surface area contributed by atoms with Gasteiger partial charge in [-0.1, -0.05) is 6.07 Å². The Balaban J connectivity index is 3.39. The van der Waals surface area contributed by atoms with Gasteiger partial charge in [0.05, 0.1) is 0 Å². The van der Waals surface area contributed by atoms with Crippen LogP contribution >= 0.6 is 23.5 Å². The number of carbonyl (C=O) groups excluding carboxylic acids is 1. The van der Waals surface area contributed by atoms with Gasteiger partial charge in [0.1, 0.15) is 6.61 Å². The molecule has 0 aliphatic rings. The number of nitrogens with one attached hydrogen (secondary N) is 1. The molecule has 0 radical (unpaired) electrons. The molecule has 1 aromatic rings. The first-order chi connectivity index (χ1) is 33.9. The van der Waals surface area contributed by atoms with Crippen molar-refractivity contribution in [2.75, 3.05) is 37.0 Å². The van der Waals surface area contributed by atoms with Crippen molar-refractivity contribution in [3.05, 3.63) is 23.8 Å². The van der Waals surface area contributed by atoms with Gasteiger partial charge >= 0.3 is 101 Å². The van der Waals surface area contributed by atoms with Crippen LogP contribution in [0.3, 0.4) is 0 Å². The molecule has 0 aliphatic heterocycles. The average Bonchev–Trinajstić information content (AvgIpc) is 3.25. The second kappa shape index (κ2) is 23.2. The predicted molar refractivity (Wildman–Crippen MR) is 195 cm³/mol. The van der Waals surface area contributed by atoms with Crippen LogP contribution in [0.2, 0.25) is 0 Å². The number of esters is 1. The van der Waals surface area contributed by atoms with Crippen molar-refractivity contribution in [2.45, 2.75) is 139 Å². The van der Waals surface area contributed by atoms with E-state index in [4.69, 9.17) is 0 Å². The molecule has 0 aliphatic carbocycles. The molecule has 1 rings (SSSR count). The fraction of sp³-hybridized carbons (Fsp3) is 0.806. The lowest BCUT2D eigenvalue weighted by atomic mass is 9.88. The lowest BCUT2D eigenvalue weighted by molar-refractivity contribution is -0.461. The van der Waals surface area contributed by atoms with E-state index < -0.39 is 185 Å². The summed E-state index contributed by atoms with van der Waals surface area (Å²) in [5, 5.41) is 19.4. The maximum absolute atomic E-state index is 14.5. The normalized spacial score (nSPS) is 15.8. The van der Waals surface area contributed by atoms with Crippen molar-refractivity contribution in [1.29, 1.82) is 0 Å². The van der Waals surface area contributed by atoms with Gasteiger partial charge in [0, 0.05) is 30.3 Å². The highest BCUT2D eigenvalue weighted by Gasteiger charge is 2.97. The van der Waals surface area contributed by atoms with Crippen molar-refractivity contribution in [1.82, 2.24) is 5.32 Å². The van der Waals surface area contributed by atoms with Crippen molar-refractivity contribution in [3.63, 3.8) is 0 Å². The third kappa shape index (κ3) is 13.2. The summed E-state index contributed by atoms with van der Waals surface area (Å²) in [5.41, 5.74) is 0.497. The highest BCUT2D eigenvalue weighted by molar-refractivity contribution is 8.03. The van der Waals surface area contributed by atoms with Gasteiger partial charge in [-0.3, -0.25) is 4.79 Å². The Morgan fingerprint density at radius 3 is 1.21 bits per heavy atom. The molecular weight excluding hydrogens is 1220 g/mol. The van der Waals surface area contributed by atoms with Crippen LogP contribution in [0.5, 0.6) is 11.5 Å². The minimum Gasteiger partial charge on any atom is -0.504 e. The molecule has 77 heavy (non-hydrogen) atoms. The fourth-order valence-corrected chi connectivity index (χ4v) is 7.95. The third-order valence-electron chi connectivity index (χ3n) is 10.3. The van der Waals surface area contributed by atoms with Crippen molar-refractivity contribution < 1.29 is 169 Å². The first kappa shape index (κ1) is 71.6. The number of ether oxygens (including phenoxy) is 1. The molecule has 3 N–H and O–H groups in total. The van der Waals surface area contributed by atoms with Gasteiger partial charge in [0.25, 0.3) is 0 Å². The van der Waals surface area contributed by atoms with Gasteiger partial charge in [-0.2, -0.15) is 173 Å². The second-order valence-corrected chi connectivity index (χ2v) is 18.4. The molecule has 41 heteroatoms. The van der Waals surface area contributed by atoms with E-state index >= 15 is 0 Å². The number of hydrogen-bond acceptors (Lipinski definition) is 7. The maximum Gasteiger partial charge on any atom is 0.460 e. The van der Waals surface area contributed by atoms with Crippen LogP contribution in [0, 0.1) is 0 Å². The van der Waals surface area contributed by atoms with E-state index in [1.165, 1.54) is 12.1 Å². The van der Waals surface area contributed by atoms with Crippen molar-refractivity contribution >= 4 is 29.5 Å². The highest BCUT2D eigenvalue weighted by atomic mass is 32.2. The lowest BCUT2D eigenvalue weighted by Crippen LogP contribution is -2.74. The molecule has 1 unspecified atom stereocenters. The zero-order valence-electron chi connectivity index (χ0n) is 36.7. The maximum atomic E-state index is 14.5. The van der Waals surface area contributed by atoms with E-state index in [2.05, 4.69) is 10.1 Å². The number of rotatable bonds is 31. The third-order valence-corrected chi connectivity index (χ3v) is 12.8. The van der Waals surface area contributed by atoms with Gasteiger partial charge in [-0.15, -0.1) is 0 Å². The van der Waals surface area contributed by atoms with Crippen molar-refractivity contribution in [2.24, 2.45) is 0 Å². The Morgan fingerprint density at radius 1 is 0.468 bits per heavy atom. The first-order valence-electron chi connectivity index (χ1n) is 19.8. The Labute approximate surface area is 415 Å². The molecule has 0 saturated carbocycles. The molecule has 454 valence electrons. The van der Waals surface area contributed by atoms with Gasteiger partial charge in [-0.25, -0.2) is 0 Å². The van der Waals surface area contributed by atoms with Crippen LogP contribution in [0.25, 0.3) is 0 Å². The predicted octanol–water partition coefficient (Wildman–Crippen LogP) is 14.6. The number of phenols is 2. The number of unbranched alkanes of at least 4 members (excludes halogenated alkanes) is 1. The van der Waals surface area contributed by atoms with E-state index in [0.29, 0.717) is 5.56 Å². The van der Waals surface area contributed by atoms with Crippen LogP contribution in [-0.2, 0) is 16.0 Å². The molecule has 0 spiro atoms. The minimum absolute atomic E-state index is 0.0508. The van der Waals surface area contributed by atoms with E-state index in [-0.39, 0.29) is 32.4 Å². The quantitative estimate of drug-likeness (QED) is 0.0296. The molecule has 1 aromatic carbocycles. The monoisotopic (exact) mass is 1250 g/mol. The van der Waals surface area contributed by atoms with Gasteiger partial charge in [-0.05, 0) is 61.6 Å². The molecule has 1 atom stereocenters. The number of hydrogen-bond donors (Lipinski definition) is 3. The number of halogens is 34. The Hall–Kier alpha value is -3.43. The Morgan fingerprint density at radius 2 is 0.831 bits per heavy atom. The summed E-state index contributed by atoms with van der Waals surface area (Å²) in [5.74, 6) is -127. The molecule has 0 bridgehead atoms. The van der Waals surface area contributed by atoms with Crippen LogP contribution in [0.1, 0.15) is 37.7 Å². The lowest BCUT2D eigenvalue weighted by Gasteiger charge is -2.42. The first-order valence-corrected chi connectivity index (χ1v) is 22.1. The Bertz CT molecular complexity index is 2110. The molecule has 0 fully saturated rings. The molecule has 5 nitrogen and oxygen atoms in total. The minimum atomic E-state index is -9.01. The molecule has 0 saturated heterocycles. The summed E-state index contributed by atoms with van der Waals surface area (Å²) in [6.07, 6.45) is -23.0. The molecule has 0 amide bonds. The van der Waals surface area contributed by atoms with Crippen LogP contribution < -0.4 is 5.32 Å². The van der Waals surface area contributed by atoms with Crippen LogP contribution in [0.15, 0.2) is 18.2 Å². The van der Waals surface area contributed by atoms with Gasteiger partial charge in [0.2, 0.25) is 0 Å². The van der Waals surface area contributed by atoms with E-state index in [0.717, 1.165) is 6.07 Å². The number of phenolic OH excluding ortho intramolecular Hbond substituents is 2. The average molecular weight is 1250 g/mol. The SMILES string of the molecule is O=C(CCCCNCCc1ccc(O)c(O)c1)OCC(CSCCC(F)(F)C(F)(F)C(F)(F)C(F)(F)C(F)(F)C(F)(F)C(F)(F)C(F)(F)F)SCCC(F)(F)C(F)(F)C(F)(F)C(F)(F)C(F)(F)C(F)(F)C(F)(F)C(F)(F)F. The summed E-state index contributed by atoms with van der Waals surface area (Å²) >= 11 is -1.11. The topological polar surface area (TPSA) is 78.8 Å². The number of alkyl halides is 34. The summed E-state index contributed by atoms with van der Waals surface area (Å²) in [4.78, 5) is 12.3. The summed E-state index contributed by atoms with van der Waals surface area (Å²) in [6, 6.07) is 3.72. The van der Waals surface area contributed by atoms with E-state index in [9.17, 15) is 164 Å². The fourth-order valence-electron chi connectivity index (χ4n) is 5.48. The smallest absolute Gasteiger partial charge is 0.460 e. The van der Waals surface area contributed by atoms with Gasteiger partial charge in [0.15, 0.2) is 11.5 Å². The largest absolute Gasteiger partial charge is 0.504 e. The van der Waals surface area contributed by atoms with Crippen LogP contribution in [0.4, 0.5) is 149 Å². The number of thioether (sulfide) groups is 2. The zero-order valence-corrected chi connectivity index (χ0v) is 38.3. The van der Waals surface area contributed by atoms with Gasteiger partial charge < -0.3 is 20.3 Å². The number of benzene rings is 1. The van der Waals surface area contributed by atoms with Crippen molar-refractivity contribution in [3.8, 4) is 11.5 Å². The number of aromatic hydroxyl groups is 2. The summed E-state index contributed by atoms with van der Waals surface area (Å²) in [6.45, 7) is -1.20. The Kier molecular flexibility index (Phi) is 21.6. The molecule has 0 heterocycles. The summed E-state index contributed by atoms with van der Waals surface area (Å²) in [7, 11) is 0. The molecular formula is C36H31F34NO4S2. The highest BCUT2D eigenvalue weighted by Crippen LogP contribution is 2.66. The second-order valence-electron chi connectivity index (χ2n) is 15.8. The standard InChI is InChI=1S/C36H31F34NO4S2/c37-21(38,23(41,42)25(45,46)27(49,50)29(53,54)31(57,58)33(61,62)35(65,66)67)7-11-76-15-17(14-75-20(74)3-1-2-9-71-10-6-16-4-5-18(72)19(73)13-16)77-12-8-22(39,40)24(43,44)26(47,48)28(51,52)30(55,56)32(59,60)34(63,64)36(68,69)70/h4-5,13,17,71-73H,1-3,6-12,14-15H2. The summed E-state index contributed by atoms with van der Waals surface area (Å²) < 4.78 is 469. The molecule has 0 aromatic heterocycles. The van der Waals surface area contributed by atoms with E-state index in [1.54, 1.807) is 0 Å². The van der Waals surface area contributed by atoms with Crippen LogP contribution in [-0.4, -0.2) is 154 Å².